The lowest BCUT2D eigenvalue weighted by molar-refractivity contribution is 0.0701. The Labute approximate surface area is 174 Å². The quantitative estimate of drug-likeness (QED) is 0.386. The van der Waals surface area contributed by atoms with Gasteiger partial charge < -0.3 is 15.7 Å². The summed E-state index contributed by atoms with van der Waals surface area (Å²) >= 11 is 1.03. The second-order valence-corrected chi connectivity index (χ2v) is 7.60. The molecular formula is C21H16N4O4S. The first-order valence-corrected chi connectivity index (χ1v) is 9.73. The molecule has 0 fully saturated rings. The van der Waals surface area contributed by atoms with Crippen molar-refractivity contribution in [2.24, 2.45) is 0 Å². The molecule has 0 spiro atoms. The first kappa shape index (κ1) is 19.3. The van der Waals surface area contributed by atoms with Gasteiger partial charge in [0.25, 0.3) is 11.8 Å². The number of anilines is 2. The summed E-state index contributed by atoms with van der Waals surface area (Å²) < 4.78 is 0. The van der Waals surface area contributed by atoms with Crippen LogP contribution in [0.4, 0.5) is 11.5 Å². The Kier molecular flexibility index (Phi) is 5.03. The van der Waals surface area contributed by atoms with Crippen LogP contribution in [0.15, 0.2) is 54.6 Å². The predicted octanol–water partition coefficient (Wildman–Crippen LogP) is 4.14. The third-order valence-corrected chi connectivity index (χ3v) is 5.46. The third-order valence-electron chi connectivity index (χ3n) is 4.43. The first-order chi connectivity index (χ1) is 14.4. The largest absolute Gasteiger partial charge is 0.477 e. The van der Waals surface area contributed by atoms with Crippen LogP contribution in [0.5, 0.6) is 0 Å². The highest BCUT2D eigenvalue weighted by Gasteiger charge is 2.19. The van der Waals surface area contributed by atoms with E-state index in [1.165, 1.54) is 6.07 Å². The SMILES string of the molecule is Cc1ccc(C(=O)Nc2ccccc2C(=O)Nc2n[nH]c3sc(C(=O)O)cc23)cc1. The second kappa shape index (κ2) is 7.80. The summed E-state index contributed by atoms with van der Waals surface area (Å²) in [5.74, 6) is -1.64. The fraction of sp³-hybridized carbons (Fsp3) is 0.0476. The van der Waals surface area contributed by atoms with E-state index in [0.29, 0.717) is 21.5 Å². The van der Waals surface area contributed by atoms with Gasteiger partial charge in [-0.1, -0.05) is 29.8 Å². The second-order valence-electron chi connectivity index (χ2n) is 6.55. The molecule has 4 N–H and O–H groups in total. The van der Waals surface area contributed by atoms with Gasteiger partial charge in [-0.2, -0.15) is 5.10 Å². The number of para-hydroxylation sites is 1. The summed E-state index contributed by atoms with van der Waals surface area (Å²) in [7, 11) is 0. The van der Waals surface area contributed by atoms with E-state index in [1.54, 1.807) is 36.4 Å². The average molecular weight is 420 g/mol. The van der Waals surface area contributed by atoms with Crippen molar-refractivity contribution >= 4 is 50.8 Å². The third kappa shape index (κ3) is 3.78. The Hall–Kier alpha value is -3.98. The summed E-state index contributed by atoms with van der Waals surface area (Å²) in [5.41, 5.74) is 2.12. The number of carbonyl (C=O) groups is 3. The van der Waals surface area contributed by atoms with E-state index in [0.717, 1.165) is 16.9 Å². The van der Waals surface area contributed by atoms with E-state index in [9.17, 15) is 14.4 Å². The van der Waals surface area contributed by atoms with Crippen LogP contribution in [-0.2, 0) is 0 Å². The highest BCUT2D eigenvalue weighted by Crippen LogP contribution is 2.30. The molecule has 4 aromatic rings. The molecular weight excluding hydrogens is 404 g/mol. The van der Waals surface area contributed by atoms with E-state index >= 15 is 0 Å². The van der Waals surface area contributed by atoms with Crippen LogP contribution in [0, 0.1) is 6.92 Å². The Morgan fingerprint density at radius 3 is 2.47 bits per heavy atom. The van der Waals surface area contributed by atoms with Gasteiger partial charge in [0, 0.05) is 5.56 Å². The zero-order chi connectivity index (χ0) is 21.3. The predicted molar refractivity (Wildman–Crippen MR) is 114 cm³/mol. The van der Waals surface area contributed by atoms with E-state index < -0.39 is 11.9 Å². The number of hydrogen-bond donors (Lipinski definition) is 4. The van der Waals surface area contributed by atoms with Crippen molar-refractivity contribution in [1.82, 2.24) is 10.2 Å². The van der Waals surface area contributed by atoms with E-state index in [1.807, 2.05) is 19.1 Å². The maximum Gasteiger partial charge on any atom is 0.345 e. The van der Waals surface area contributed by atoms with Gasteiger partial charge in [0.05, 0.1) is 16.6 Å². The molecule has 2 amide bonds. The lowest BCUT2D eigenvalue weighted by Gasteiger charge is -2.11. The van der Waals surface area contributed by atoms with Gasteiger partial charge in [-0.25, -0.2) is 4.79 Å². The molecule has 0 atom stereocenters. The molecule has 0 saturated heterocycles. The number of aromatic nitrogens is 2. The number of rotatable bonds is 5. The molecule has 0 aliphatic carbocycles. The number of carboxylic acids is 1. The van der Waals surface area contributed by atoms with Crippen LogP contribution in [-0.4, -0.2) is 33.1 Å². The van der Waals surface area contributed by atoms with Gasteiger partial charge in [0.15, 0.2) is 5.82 Å². The maximum absolute atomic E-state index is 12.9. The summed E-state index contributed by atoms with van der Waals surface area (Å²) in [5, 5.41) is 21.8. The molecule has 4 rings (SSSR count). The number of fused-ring (bicyclic) bond motifs is 1. The van der Waals surface area contributed by atoms with Gasteiger partial charge in [0.1, 0.15) is 9.71 Å². The topological polar surface area (TPSA) is 124 Å². The number of benzene rings is 2. The number of nitrogens with one attached hydrogen (secondary N) is 3. The van der Waals surface area contributed by atoms with E-state index in [2.05, 4.69) is 20.8 Å². The van der Waals surface area contributed by atoms with Crippen molar-refractivity contribution in [3.63, 3.8) is 0 Å². The van der Waals surface area contributed by atoms with Gasteiger partial charge in [-0.05, 0) is 37.3 Å². The van der Waals surface area contributed by atoms with Crippen molar-refractivity contribution in [2.45, 2.75) is 6.92 Å². The average Bonchev–Trinajstić information content (AvgIpc) is 3.31. The number of nitrogens with zero attached hydrogens (tertiary/aromatic N) is 1. The number of aromatic amines is 1. The minimum Gasteiger partial charge on any atom is -0.477 e. The summed E-state index contributed by atoms with van der Waals surface area (Å²) in [4.78, 5) is 37.2. The van der Waals surface area contributed by atoms with Crippen LogP contribution < -0.4 is 10.6 Å². The minimum atomic E-state index is -1.05. The van der Waals surface area contributed by atoms with Crippen molar-refractivity contribution in [3.05, 3.63) is 76.2 Å². The monoisotopic (exact) mass is 420 g/mol. The lowest BCUT2D eigenvalue weighted by atomic mass is 10.1. The van der Waals surface area contributed by atoms with Crippen LogP contribution in [0.25, 0.3) is 10.2 Å². The summed E-state index contributed by atoms with van der Waals surface area (Å²) in [6.45, 7) is 1.93. The van der Waals surface area contributed by atoms with E-state index in [4.69, 9.17) is 5.11 Å². The Morgan fingerprint density at radius 2 is 1.73 bits per heavy atom. The number of hydrogen-bond acceptors (Lipinski definition) is 5. The smallest absolute Gasteiger partial charge is 0.345 e. The summed E-state index contributed by atoms with van der Waals surface area (Å²) in [6, 6.07) is 15.2. The number of H-pyrrole nitrogens is 1. The lowest BCUT2D eigenvalue weighted by Crippen LogP contribution is -2.18. The van der Waals surface area contributed by atoms with Crippen LogP contribution >= 0.6 is 11.3 Å². The minimum absolute atomic E-state index is 0.139. The van der Waals surface area contributed by atoms with Crippen molar-refractivity contribution < 1.29 is 19.5 Å². The van der Waals surface area contributed by atoms with Crippen molar-refractivity contribution in [1.29, 1.82) is 0 Å². The number of aromatic carboxylic acids is 1. The zero-order valence-corrected chi connectivity index (χ0v) is 16.5. The molecule has 2 aromatic heterocycles. The Morgan fingerprint density at radius 1 is 1.00 bits per heavy atom. The van der Waals surface area contributed by atoms with Gasteiger partial charge >= 0.3 is 5.97 Å². The van der Waals surface area contributed by atoms with Crippen molar-refractivity contribution in [3.8, 4) is 0 Å². The molecule has 2 heterocycles. The van der Waals surface area contributed by atoms with Gasteiger partial charge in [0.2, 0.25) is 0 Å². The molecule has 0 saturated carbocycles. The molecule has 0 aliphatic rings. The summed E-state index contributed by atoms with van der Waals surface area (Å²) in [6.07, 6.45) is 0. The number of amides is 2. The standard InChI is InChI=1S/C21H16N4O4S/c1-11-6-8-12(9-7-11)18(26)22-15-5-3-2-4-13(15)19(27)23-17-14-10-16(21(28)29)30-20(14)25-24-17/h2-10H,1H3,(H,22,26)(H,28,29)(H2,23,24,25,27). The number of carbonyl (C=O) groups excluding carboxylic acids is 2. The Balaban J connectivity index is 1.57. The fourth-order valence-electron chi connectivity index (χ4n) is 2.88. The van der Waals surface area contributed by atoms with Crippen molar-refractivity contribution in [2.75, 3.05) is 10.6 Å². The molecule has 0 radical (unpaired) electrons. The molecule has 150 valence electrons. The zero-order valence-electron chi connectivity index (χ0n) is 15.7. The molecule has 0 aliphatic heterocycles. The number of thiophene rings is 1. The molecule has 0 unspecified atom stereocenters. The molecule has 30 heavy (non-hydrogen) atoms. The Bertz CT molecular complexity index is 1270. The molecule has 2 aromatic carbocycles. The van der Waals surface area contributed by atoms with Crippen LogP contribution in [0.1, 0.15) is 36.0 Å². The number of aryl methyl sites for hydroxylation is 1. The maximum atomic E-state index is 12.9. The molecule has 9 heteroatoms. The fourth-order valence-corrected chi connectivity index (χ4v) is 3.72. The highest BCUT2D eigenvalue weighted by molar-refractivity contribution is 7.20. The van der Waals surface area contributed by atoms with Gasteiger partial charge in [-0.3, -0.25) is 14.7 Å². The van der Waals surface area contributed by atoms with Crippen LogP contribution in [0.3, 0.4) is 0 Å². The molecule has 0 bridgehead atoms. The highest BCUT2D eigenvalue weighted by atomic mass is 32.1. The normalized spacial score (nSPS) is 10.7. The van der Waals surface area contributed by atoms with Gasteiger partial charge in [-0.15, -0.1) is 11.3 Å². The van der Waals surface area contributed by atoms with E-state index in [-0.39, 0.29) is 22.2 Å². The molecule has 8 nitrogen and oxygen atoms in total. The first-order valence-electron chi connectivity index (χ1n) is 8.92. The van der Waals surface area contributed by atoms with Crippen LogP contribution in [0.2, 0.25) is 0 Å². The number of carboxylic acid groups (broad SMARTS) is 1.